The lowest BCUT2D eigenvalue weighted by molar-refractivity contribution is -0.274. The Kier molecular flexibility index (Phi) is 5.97. The molecule has 4 rings (SSSR count). The van der Waals surface area contributed by atoms with Crippen LogP contribution in [0.4, 0.5) is 29.3 Å². The summed E-state index contributed by atoms with van der Waals surface area (Å²) in [5.41, 5.74) is 0.932. The van der Waals surface area contributed by atoms with Crippen LogP contribution in [0, 0.1) is 0 Å². The molecule has 12 heteroatoms. The first-order valence-corrected chi connectivity index (χ1v) is 9.92. The molecule has 2 aromatic heterocycles. The molecule has 0 aliphatic carbocycles. The molecule has 4 amide bonds. The van der Waals surface area contributed by atoms with E-state index in [2.05, 4.69) is 15.0 Å². The molecule has 3 heterocycles. The van der Waals surface area contributed by atoms with Gasteiger partial charge in [0.1, 0.15) is 11.8 Å². The van der Waals surface area contributed by atoms with Crippen LogP contribution in [0.3, 0.4) is 0 Å². The van der Waals surface area contributed by atoms with E-state index < -0.39 is 36.0 Å². The summed E-state index contributed by atoms with van der Waals surface area (Å²) in [6, 6.07) is 7.52. The summed E-state index contributed by atoms with van der Waals surface area (Å²) < 4.78 is 46.0. The van der Waals surface area contributed by atoms with Crippen LogP contribution in [0.1, 0.15) is 23.0 Å². The monoisotopic (exact) mass is 474 g/mol. The lowest BCUT2D eigenvalue weighted by atomic mass is 10.2. The van der Waals surface area contributed by atoms with Crippen molar-refractivity contribution < 1.29 is 36.7 Å². The molecule has 1 saturated heterocycles. The zero-order chi connectivity index (χ0) is 24.5. The van der Waals surface area contributed by atoms with E-state index in [9.17, 15) is 27.6 Å². The molecule has 34 heavy (non-hydrogen) atoms. The summed E-state index contributed by atoms with van der Waals surface area (Å²) in [6.07, 6.45) is -0.630. The molecule has 0 bridgehead atoms. The predicted molar refractivity (Wildman–Crippen MR) is 112 cm³/mol. The molecule has 0 spiro atoms. The van der Waals surface area contributed by atoms with Gasteiger partial charge in [0.05, 0.1) is 30.4 Å². The van der Waals surface area contributed by atoms with Crippen molar-refractivity contribution in [3.05, 3.63) is 72.4 Å². The molecule has 3 aromatic rings. The standard InChI is InChI=1S/C22H17F3N4O5/c1-13-20(31)29(15-4-6-16(7-5-15)34-22(23,24)25)21(32)28(13)12-14-8-9-26-11-17(14)27-19(30)18-3-2-10-33-18/h2-11,13H,12H2,1H3,(H,27,30). The summed E-state index contributed by atoms with van der Waals surface area (Å²) >= 11 is 0. The molecule has 1 fully saturated rings. The first-order valence-electron chi connectivity index (χ1n) is 9.92. The van der Waals surface area contributed by atoms with Crippen molar-refractivity contribution in [2.45, 2.75) is 25.9 Å². The van der Waals surface area contributed by atoms with Crippen molar-refractivity contribution in [3.8, 4) is 5.75 Å². The second-order valence-corrected chi connectivity index (χ2v) is 7.27. The lowest BCUT2D eigenvalue weighted by Gasteiger charge is -2.21. The molecular weight excluding hydrogens is 457 g/mol. The molecule has 9 nitrogen and oxygen atoms in total. The number of urea groups is 1. The van der Waals surface area contributed by atoms with Gasteiger partial charge < -0.3 is 19.4 Å². The van der Waals surface area contributed by atoms with E-state index in [-0.39, 0.29) is 18.0 Å². The van der Waals surface area contributed by atoms with Crippen molar-refractivity contribution in [1.29, 1.82) is 0 Å². The molecule has 1 aliphatic heterocycles. The van der Waals surface area contributed by atoms with Crippen LogP contribution in [0.15, 0.2) is 65.5 Å². The van der Waals surface area contributed by atoms with E-state index in [0.29, 0.717) is 11.3 Å². The van der Waals surface area contributed by atoms with Gasteiger partial charge >= 0.3 is 12.4 Å². The Morgan fingerprint density at radius 1 is 1.18 bits per heavy atom. The maximum Gasteiger partial charge on any atom is 0.573 e. The molecular formula is C22H17F3N4O5. The second kappa shape index (κ2) is 8.89. The summed E-state index contributed by atoms with van der Waals surface area (Å²) in [7, 11) is 0. The molecule has 1 aliphatic rings. The van der Waals surface area contributed by atoms with Gasteiger partial charge in [0.15, 0.2) is 5.76 Å². The molecule has 1 aromatic carbocycles. The van der Waals surface area contributed by atoms with Gasteiger partial charge in [0.25, 0.3) is 11.8 Å². The van der Waals surface area contributed by atoms with E-state index in [1.807, 2.05) is 0 Å². The van der Waals surface area contributed by atoms with E-state index in [1.165, 1.54) is 48.7 Å². The van der Waals surface area contributed by atoms with Gasteiger partial charge in [-0.05, 0) is 55.0 Å². The number of carbonyl (C=O) groups is 3. The van der Waals surface area contributed by atoms with E-state index >= 15 is 0 Å². The Balaban J connectivity index is 1.53. The molecule has 176 valence electrons. The topological polar surface area (TPSA) is 105 Å². The minimum atomic E-state index is -4.86. The maximum atomic E-state index is 13.1. The Morgan fingerprint density at radius 2 is 1.91 bits per heavy atom. The number of ether oxygens (including phenoxy) is 1. The van der Waals surface area contributed by atoms with Crippen LogP contribution in [0.25, 0.3) is 0 Å². The third-order valence-electron chi connectivity index (χ3n) is 5.06. The molecule has 1 atom stereocenters. The number of rotatable bonds is 6. The number of imide groups is 1. The number of nitrogens with zero attached hydrogens (tertiary/aromatic N) is 3. The van der Waals surface area contributed by atoms with Gasteiger partial charge in [-0.1, -0.05) is 0 Å². The van der Waals surface area contributed by atoms with Crippen molar-refractivity contribution in [3.63, 3.8) is 0 Å². The Bertz CT molecular complexity index is 1210. The summed E-state index contributed by atoms with van der Waals surface area (Å²) in [4.78, 5) is 44.4. The van der Waals surface area contributed by atoms with Gasteiger partial charge in [-0.15, -0.1) is 13.2 Å². The summed E-state index contributed by atoms with van der Waals surface area (Å²) in [6.45, 7) is 1.50. The van der Waals surface area contributed by atoms with Crippen molar-refractivity contribution in [1.82, 2.24) is 9.88 Å². The maximum absolute atomic E-state index is 13.1. The number of hydrogen-bond acceptors (Lipinski definition) is 6. The van der Waals surface area contributed by atoms with Gasteiger partial charge in [0, 0.05) is 6.20 Å². The fourth-order valence-corrected chi connectivity index (χ4v) is 3.40. The fraction of sp³-hybridized carbons (Fsp3) is 0.182. The Labute approximate surface area is 190 Å². The van der Waals surface area contributed by atoms with E-state index in [1.54, 1.807) is 12.1 Å². The average molecular weight is 474 g/mol. The van der Waals surface area contributed by atoms with Crippen molar-refractivity contribution in [2.75, 3.05) is 10.2 Å². The number of halogens is 3. The third kappa shape index (κ3) is 4.70. The highest BCUT2D eigenvalue weighted by atomic mass is 19.4. The fourth-order valence-electron chi connectivity index (χ4n) is 3.40. The number of amides is 4. The van der Waals surface area contributed by atoms with Crippen molar-refractivity contribution in [2.24, 2.45) is 0 Å². The molecule has 1 unspecified atom stereocenters. The number of aromatic nitrogens is 1. The first kappa shape index (κ1) is 22.8. The lowest BCUT2D eigenvalue weighted by Crippen LogP contribution is -2.33. The van der Waals surface area contributed by atoms with Crippen LogP contribution in [-0.4, -0.2) is 40.1 Å². The number of carbonyl (C=O) groups excluding carboxylic acids is 3. The van der Waals surface area contributed by atoms with E-state index in [4.69, 9.17) is 4.42 Å². The number of hydrogen-bond donors (Lipinski definition) is 1. The van der Waals surface area contributed by atoms with Gasteiger partial charge in [0.2, 0.25) is 0 Å². The molecule has 0 radical (unpaired) electrons. The highest BCUT2D eigenvalue weighted by molar-refractivity contribution is 6.21. The highest BCUT2D eigenvalue weighted by Crippen LogP contribution is 2.30. The minimum Gasteiger partial charge on any atom is -0.459 e. The van der Waals surface area contributed by atoms with Gasteiger partial charge in [-0.25, -0.2) is 9.69 Å². The number of alkyl halides is 3. The number of pyridine rings is 1. The van der Waals surface area contributed by atoms with Gasteiger partial charge in [-0.3, -0.25) is 14.6 Å². The Hall–Kier alpha value is -4.35. The van der Waals surface area contributed by atoms with Crippen molar-refractivity contribution >= 4 is 29.2 Å². The zero-order valence-corrected chi connectivity index (χ0v) is 17.6. The van der Waals surface area contributed by atoms with Crippen LogP contribution < -0.4 is 15.0 Å². The smallest absolute Gasteiger partial charge is 0.459 e. The van der Waals surface area contributed by atoms with Gasteiger partial charge in [-0.2, -0.15) is 0 Å². The largest absolute Gasteiger partial charge is 0.573 e. The van der Waals surface area contributed by atoms with Crippen LogP contribution in [0.2, 0.25) is 0 Å². The Morgan fingerprint density at radius 3 is 2.56 bits per heavy atom. The first-order chi connectivity index (χ1) is 16.1. The number of nitrogens with one attached hydrogen (secondary N) is 1. The summed E-state index contributed by atoms with van der Waals surface area (Å²) in [5.74, 6) is -1.46. The predicted octanol–water partition coefficient (Wildman–Crippen LogP) is 4.18. The van der Waals surface area contributed by atoms with E-state index in [0.717, 1.165) is 17.0 Å². The second-order valence-electron chi connectivity index (χ2n) is 7.27. The van der Waals surface area contributed by atoms with Crippen LogP contribution >= 0.6 is 0 Å². The number of benzene rings is 1. The minimum absolute atomic E-state index is 0.0339. The van der Waals surface area contributed by atoms with Crippen LogP contribution in [0.5, 0.6) is 5.75 Å². The van der Waals surface area contributed by atoms with Crippen LogP contribution in [-0.2, 0) is 11.3 Å². The highest BCUT2D eigenvalue weighted by Gasteiger charge is 2.43. The SMILES string of the molecule is CC1C(=O)N(c2ccc(OC(F)(F)F)cc2)C(=O)N1Cc1ccncc1NC(=O)c1ccco1. The summed E-state index contributed by atoms with van der Waals surface area (Å²) in [5, 5.41) is 2.66. The quantitative estimate of drug-likeness (QED) is 0.538. The third-order valence-corrected chi connectivity index (χ3v) is 5.06. The number of furan rings is 1. The molecule has 0 saturated carbocycles. The number of anilines is 2. The average Bonchev–Trinajstić information content (AvgIpc) is 3.39. The normalized spacial score (nSPS) is 16.2. The molecule has 1 N–H and O–H groups in total. The zero-order valence-electron chi connectivity index (χ0n) is 17.6.